The summed E-state index contributed by atoms with van der Waals surface area (Å²) in [7, 11) is 0. The van der Waals surface area contributed by atoms with Crippen molar-refractivity contribution >= 4 is 44.4 Å². The predicted molar refractivity (Wildman–Crippen MR) is 115 cm³/mol. The Kier molecular flexibility index (Phi) is 6.12. The fourth-order valence-electron chi connectivity index (χ4n) is 3.89. The van der Waals surface area contributed by atoms with Gasteiger partial charge in [-0.05, 0) is 31.0 Å². The Bertz CT molecular complexity index is 967. The number of fused-ring (bicyclic) bond motifs is 1. The number of likely N-dealkylation sites (tertiary alicyclic amines) is 1. The molecule has 2 saturated heterocycles. The van der Waals surface area contributed by atoms with E-state index in [-0.39, 0.29) is 37.1 Å². The topological polar surface area (TPSA) is 83.1 Å². The third-order valence-electron chi connectivity index (χ3n) is 5.54. The third kappa shape index (κ3) is 4.38. The average molecular weight is 431 g/mol. The number of amides is 3. The molecular formula is C21H26N4O4S. The molecule has 0 spiro atoms. The van der Waals surface area contributed by atoms with Crippen molar-refractivity contribution in [2.75, 3.05) is 50.8 Å². The number of thiazole rings is 1. The number of hydrogen-bond donors (Lipinski definition) is 0. The van der Waals surface area contributed by atoms with Crippen molar-refractivity contribution in [3.05, 3.63) is 23.3 Å². The summed E-state index contributed by atoms with van der Waals surface area (Å²) in [4.78, 5) is 46.9. The van der Waals surface area contributed by atoms with Gasteiger partial charge in [0.2, 0.25) is 17.7 Å². The van der Waals surface area contributed by atoms with Gasteiger partial charge in [-0.15, -0.1) is 0 Å². The Balaban J connectivity index is 1.59. The summed E-state index contributed by atoms with van der Waals surface area (Å²) in [5.74, 6) is -0.838. The molecule has 0 atom stereocenters. The molecule has 0 saturated carbocycles. The van der Waals surface area contributed by atoms with Crippen LogP contribution in [0.2, 0.25) is 0 Å². The quantitative estimate of drug-likeness (QED) is 0.649. The molecule has 8 nitrogen and oxygen atoms in total. The SMILES string of the molecule is Cc1cc(C)c2nc(N(CCN3CCOCC3)C(=O)CN3C(=O)CCC3=O)sc2c1. The van der Waals surface area contributed by atoms with Gasteiger partial charge in [-0.3, -0.25) is 29.1 Å². The summed E-state index contributed by atoms with van der Waals surface area (Å²) in [6.07, 6.45) is 0.360. The van der Waals surface area contributed by atoms with E-state index in [0.717, 1.165) is 39.3 Å². The second-order valence-corrected chi connectivity index (χ2v) is 8.81. The minimum absolute atomic E-state index is 0.180. The number of aryl methyl sites for hydroxylation is 2. The maximum Gasteiger partial charge on any atom is 0.248 e. The number of rotatable bonds is 6. The van der Waals surface area contributed by atoms with Crippen LogP contribution in [-0.4, -0.2) is 78.4 Å². The zero-order valence-corrected chi connectivity index (χ0v) is 18.2. The summed E-state index contributed by atoms with van der Waals surface area (Å²) in [6.45, 7) is 7.98. The van der Waals surface area contributed by atoms with E-state index in [4.69, 9.17) is 9.72 Å². The Labute approximate surface area is 179 Å². The van der Waals surface area contributed by atoms with E-state index < -0.39 is 0 Å². The molecule has 0 bridgehead atoms. The summed E-state index contributed by atoms with van der Waals surface area (Å²) in [5, 5.41) is 0.607. The molecule has 4 rings (SSSR count). The van der Waals surface area contributed by atoms with Gasteiger partial charge in [0, 0.05) is 39.0 Å². The minimum Gasteiger partial charge on any atom is -0.379 e. The van der Waals surface area contributed by atoms with Gasteiger partial charge in [0.25, 0.3) is 0 Å². The van der Waals surface area contributed by atoms with Gasteiger partial charge in [-0.1, -0.05) is 17.4 Å². The van der Waals surface area contributed by atoms with Gasteiger partial charge in [0.1, 0.15) is 6.54 Å². The highest BCUT2D eigenvalue weighted by molar-refractivity contribution is 7.22. The van der Waals surface area contributed by atoms with E-state index in [2.05, 4.69) is 17.0 Å². The molecule has 0 N–H and O–H groups in total. The van der Waals surface area contributed by atoms with Crippen LogP contribution in [0.3, 0.4) is 0 Å². The first-order valence-corrected chi connectivity index (χ1v) is 11.1. The first-order valence-electron chi connectivity index (χ1n) is 10.2. The zero-order valence-electron chi connectivity index (χ0n) is 17.3. The molecular weight excluding hydrogens is 404 g/mol. The van der Waals surface area contributed by atoms with Gasteiger partial charge in [-0.25, -0.2) is 4.98 Å². The standard InChI is InChI=1S/C21H26N4O4S/c1-14-11-15(2)20-16(12-14)30-21(22-20)24(6-5-23-7-9-29-10-8-23)19(28)13-25-17(26)3-4-18(25)27/h11-12H,3-10,13H2,1-2H3. The van der Waals surface area contributed by atoms with Gasteiger partial charge >= 0.3 is 0 Å². The summed E-state index contributed by atoms with van der Waals surface area (Å²) in [5.41, 5.74) is 3.10. The molecule has 1 aromatic heterocycles. The Morgan fingerprint density at radius 1 is 1.17 bits per heavy atom. The molecule has 2 aliphatic heterocycles. The Morgan fingerprint density at radius 3 is 2.57 bits per heavy atom. The van der Waals surface area contributed by atoms with Crippen LogP contribution in [0.1, 0.15) is 24.0 Å². The van der Waals surface area contributed by atoms with Crippen LogP contribution in [0, 0.1) is 13.8 Å². The molecule has 1 aromatic carbocycles. The molecule has 0 unspecified atom stereocenters. The first kappa shape index (κ1) is 20.9. The molecule has 0 radical (unpaired) electrons. The van der Waals surface area contributed by atoms with Gasteiger partial charge in [0.05, 0.1) is 23.4 Å². The fraction of sp³-hybridized carbons (Fsp3) is 0.524. The molecule has 160 valence electrons. The van der Waals surface area contributed by atoms with Crippen LogP contribution in [0.5, 0.6) is 0 Å². The zero-order chi connectivity index (χ0) is 21.3. The van der Waals surface area contributed by atoms with E-state index >= 15 is 0 Å². The van der Waals surface area contributed by atoms with Gasteiger partial charge in [0.15, 0.2) is 5.13 Å². The number of carbonyl (C=O) groups is 3. The van der Waals surface area contributed by atoms with Crippen LogP contribution in [0.15, 0.2) is 12.1 Å². The van der Waals surface area contributed by atoms with E-state index in [0.29, 0.717) is 31.4 Å². The lowest BCUT2D eigenvalue weighted by atomic mass is 10.1. The second-order valence-electron chi connectivity index (χ2n) is 7.80. The van der Waals surface area contributed by atoms with E-state index in [9.17, 15) is 14.4 Å². The number of anilines is 1. The van der Waals surface area contributed by atoms with Crippen molar-refractivity contribution in [1.82, 2.24) is 14.8 Å². The number of nitrogens with zero attached hydrogens (tertiary/aromatic N) is 4. The lowest BCUT2D eigenvalue weighted by Crippen LogP contribution is -2.47. The normalized spacial score (nSPS) is 17.9. The number of imide groups is 1. The van der Waals surface area contributed by atoms with Crippen molar-refractivity contribution < 1.29 is 19.1 Å². The number of benzene rings is 1. The van der Waals surface area contributed by atoms with Crippen LogP contribution >= 0.6 is 11.3 Å². The molecule has 2 aliphatic rings. The lowest BCUT2D eigenvalue weighted by molar-refractivity contribution is -0.141. The third-order valence-corrected chi connectivity index (χ3v) is 6.57. The highest BCUT2D eigenvalue weighted by atomic mass is 32.1. The van der Waals surface area contributed by atoms with Crippen molar-refractivity contribution in [2.45, 2.75) is 26.7 Å². The molecule has 3 amide bonds. The first-order chi connectivity index (χ1) is 14.4. The van der Waals surface area contributed by atoms with Crippen molar-refractivity contribution in [2.24, 2.45) is 0 Å². The smallest absolute Gasteiger partial charge is 0.248 e. The molecule has 0 aliphatic carbocycles. The van der Waals surface area contributed by atoms with Crippen molar-refractivity contribution in [3.63, 3.8) is 0 Å². The van der Waals surface area contributed by atoms with E-state index in [1.165, 1.54) is 11.3 Å². The fourth-order valence-corrected chi connectivity index (χ4v) is 5.07. The van der Waals surface area contributed by atoms with E-state index in [1.807, 2.05) is 13.8 Å². The highest BCUT2D eigenvalue weighted by Gasteiger charge is 2.33. The van der Waals surface area contributed by atoms with E-state index in [1.54, 1.807) is 4.90 Å². The Morgan fingerprint density at radius 2 is 1.87 bits per heavy atom. The maximum absolute atomic E-state index is 13.2. The molecule has 30 heavy (non-hydrogen) atoms. The number of morpholine rings is 1. The molecule has 2 aromatic rings. The summed E-state index contributed by atoms with van der Waals surface area (Å²) >= 11 is 1.47. The number of carbonyl (C=O) groups excluding carboxylic acids is 3. The Hall–Kier alpha value is -2.36. The van der Waals surface area contributed by atoms with Crippen LogP contribution in [-0.2, 0) is 19.1 Å². The van der Waals surface area contributed by atoms with Crippen LogP contribution in [0.25, 0.3) is 10.2 Å². The number of ether oxygens (including phenoxy) is 1. The van der Waals surface area contributed by atoms with Crippen LogP contribution < -0.4 is 4.90 Å². The van der Waals surface area contributed by atoms with Crippen molar-refractivity contribution in [1.29, 1.82) is 0 Å². The summed E-state index contributed by atoms with van der Waals surface area (Å²) < 4.78 is 6.43. The largest absolute Gasteiger partial charge is 0.379 e. The highest BCUT2D eigenvalue weighted by Crippen LogP contribution is 2.32. The van der Waals surface area contributed by atoms with Gasteiger partial charge in [-0.2, -0.15) is 0 Å². The number of hydrogen-bond acceptors (Lipinski definition) is 7. The molecule has 2 fully saturated rings. The lowest BCUT2D eigenvalue weighted by Gasteiger charge is -2.29. The van der Waals surface area contributed by atoms with Crippen molar-refractivity contribution in [3.8, 4) is 0 Å². The van der Waals surface area contributed by atoms with Crippen LogP contribution in [0.4, 0.5) is 5.13 Å². The number of aromatic nitrogens is 1. The monoisotopic (exact) mass is 430 g/mol. The summed E-state index contributed by atoms with van der Waals surface area (Å²) in [6, 6.07) is 4.15. The average Bonchev–Trinajstić information content (AvgIpc) is 3.27. The molecule has 3 heterocycles. The molecule has 9 heteroatoms. The minimum atomic E-state index is -0.280. The predicted octanol–water partition coefficient (Wildman–Crippen LogP) is 1.73. The maximum atomic E-state index is 13.2. The van der Waals surface area contributed by atoms with Gasteiger partial charge < -0.3 is 4.74 Å². The second kappa shape index (κ2) is 8.79.